The molecule has 6 heterocycles. The number of piperazine rings is 2. The van der Waals surface area contributed by atoms with Gasteiger partial charge in [-0.1, -0.05) is 12.1 Å². The van der Waals surface area contributed by atoms with Gasteiger partial charge >= 0.3 is 53.7 Å². The van der Waals surface area contributed by atoms with Gasteiger partial charge in [0.15, 0.2) is 0 Å². The number of aromatic nitrogens is 4. The van der Waals surface area contributed by atoms with Crippen LogP contribution in [0.25, 0.3) is 21.8 Å². The van der Waals surface area contributed by atoms with Crippen molar-refractivity contribution in [2.45, 2.75) is 65.6 Å². The molecule has 358 valence electrons. The monoisotopic (exact) mass is 950 g/mol. The second-order valence-corrected chi connectivity index (χ2v) is 18.6. The number of carbonyl (C=O) groups is 4. The van der Waals surface area contributed by atoms with Crippen molar-refractivity contribution >= 4 is 57.3 Å². The predicted molar refractivity (Wildman–Crippen MR) is 258 cm³/mol. The summed E-state index contributed by atoms with van der Waals surface area (Å²) in [7, 11) is 1.37. The molecule has 0 bridgehead atoms. The summed E-state index contributed by atoms with van der Waals surface area (Å²) in [5.41, 5.74) is 7.18. The van der Waals surface area contributed by atoms with Gasteiger partial charge in [0.05, 0.1) is 53.0 Å². The third kappa shape index (κ3) is 14.8. The van der Waals surface area contributed by atoms with Crippen molar-refractivity contribution in [3.8, 4) is 0 Å². The summed E-state index contributed by atoms with van der Waals surface area (Å²) in [5.74, 6) is -1.33. The molecule has 0 saturated carbocycles. The average molecular weight is 951 g/mol. The van der Waals surface area contributed by atoms with E-state index in [4.69, 9.17) is 14.2 Å². The zero-order valence-corrected chi connectivity index (χ0v) is 42.6. The van der Waals surface area contributed by atoms with E-state index in [2.05, 4.69) is 54.0 Å². The minimum Gasteiger partial charge on any atom is -0.870 e. The Bertz CT molecular complexity index is 2760. The Morgan fingerprint density at radius 1 is 0.565 bits per heavy atom. The van der Waals surface area contributed by atoms with Crippen molar-refractivity contribution in [1.29, 1.82) is 0 Å². The van der Waals surface area contributed by atoms with Gasteiger partial charge in [-0.3, -0.25) is 19.9 Å². The minimum absolute atomic E-state index is 0. The van der Waals surface area contributed by atoms with E-state index in [0.717, 1.165) is 63.1 Å². The van der Waals surface area contributed by atoms with Crippen molar-refractivity contribution in [3.05, 3.63) is 131 Å². The summed E-state index contributed by atoms with van der Waals surface area (Å²) in [6.45, 7) is 16.5. The molecule has 6 aromatic rings. The fourth-order valence-corrected chi connectivity index (χ4v) is 7.80. The third-order valence-electron chi connectivity index (χ3n) is 11.1. The maximum Gasteiger partial charge on any atom is 1.00 e. The molecule has 2 N–H and O–H groups in total. The number of carboxylic acid groups (broad SMARTS) is 1. The number of carboxylic acids is 1. The fourth-order valence-electron chi connectivity index (χ4n) is 7.80. The predicted octanol–water partition coefficient (Wildman–Crippen LogP) is 4.87. The van der Waals surface area contributed by atoms with E-state index in [1.165, 1.54) is 19.4 Å². The van der Waals surface area contributed by atoms with Gasteiger partial charge in [0.2, 0.25) is 0 Å². The van der Waals surface area contributed by atoms with Crippen LogP contribution >= 0.6 is 0 Å². The Morgan fingerprint density at radius 2 is 0.971 bits per heavy atom. The zero-order chi connectivity index (χ0) is 47.9. The van der Waals surface area contributed by atoms with Crippen LogP contribution in [0.15, 0.2) is 97.6 Å². The van der Waals surface area contributed by atoms with E-state index < -0.39 is 17.2 Å². The van der Waals surface area contributed by atoms with Gasteiger partial charge in [0, 0.05) is 99.8 Å². The molecule has 4 aromatic heterocycles. The van der Waals surface area contributed by atoms with E-state index in [1.54, 1.807) is 34.2 Å². The van der Waals surface area contributed by atoms with E-state index >= 15 is 0 Å². The van der Waals surface area contributed by atoms with Crippen LogP contribution in [-0.2, 0) is 27.1 Å². The van der Waals surface area contributed by atoms with Crippen LogP contribution in [0.1, 0.15) is 84.8 Å². The molecule has 18 heteroatoms. The Labute approximate surface area is 424 Å². The number of methoxy groups -OCH3 is 1. The molecule has 2 fully saturated rings. The Kier molecular flexibility index (Phi) is 18.1. The number of benzene rings is 2. The summed E-state index contributed by atoms with van der Waals surface area (Å²) in [6, 6.07) is 22.9. The van der Waals surface area contributed by atoms with Crippen LogP contribution in [0.4, 0.5) is 21.0 Å². The number of aromatic carboxylic acids is 1. The maximum absolute atomic E-state index is 12.3. The second kappa shape index (κ2) is 23.3. The number of anilines is 2. The molecule has 0 atom stereocenters. The molecule has 2 saturated heterocycles. The van der Waals surface area contributed by atoms with E-state index in [9.17, 15) is 24.3 Å². The molecule has 2 aliphatic heterocycles. The van der Waals surface area contributed by atoms with Crippen molar-refractivity contribution in [1.82, 2.24) is 29.7 Å². The van der Waals surface area contributed by atoms with E-state index in [-0.39, 0.29) is 58.8 Å². The number of esters is 1. The SMILES string of the molecule is CC(C)(C)OC(=O)N1CCN(c2cnc3ccc(Cc4cc(C(=O)O)ccn4)cc3c2)CC1.COC(=O)c1ccnc(Cc2ccc3ncc(N4CCN(C(=O)OC(C)(C)C)CC4)cc3c2)c1.[Na+].[OH-]. The van der Waals surface area contributed by atoms with Crippen molar-refractivity contribution in [2.75, 3.05) is 69.3 Å². The summed E-state index contributed by atoms with van der Waals surface area (Å²) in [4.78, 5) is 73.6. The fraction of sp³-hybridized carbons (Fsp3) is 0.373. The van der Waals surface area contributed by atoms with Gasteiger partial charge in [-0.15, -0.1) is 0 Å². The minimum atomic E-state index is -0.960. The van der Waals surface area contributed by atoms with Crippen LogP contribution in [0.3, 0.4) is 0 Å². The van der Waals surface area contributed by atoms with E-state index in [0.29, 0.717) is 63.4 Å². The Morgan fingerprint density at radius 3 is 1.36 bits per heavy atom. The van der Waals surface area contributed by atoms with Crippen molar-refractivity contribution in [2.24, 2.45) is 0 Å². The summed E-state index contributed by atoms with van der Waals surface area (Å²) >= 11 is 0. The number of hydrogen-bond acceptors (Lipinski definition) is 14. The molecule has 2 amide bonds. The van der Waals surface area contributed by atoms with Gasteiger partial charge < -0.3 is 44.4 Å². The molecule has 0 spiro atoms. The largest absolute Gasteiger partial charge is 1.00 e. The normalized spacial score (nSPS) is 13.9. The van der Waals surface area contributed by atoms with Gasteiger partial charge in [0.25, 0.3) is 0 Å². The topological polar surface area (TPSA) is 211 Å². The first-order valence-corrected chi connectivity index (χ1v) is 22.3. The number of fused-ring (bicyclic) bond motifs is 2. The Balaban J connectivity index is 0.000000250. The molecular formula is C51H59N8NaO9. The van der Waals surface area contributed by atoms with Crippen LogP contribution in [0, 0.1) is 0 Å². The van der Waals surface area contributed by atoms with Gasteiger partial charge in [0.1, 0.15) is 11.2 Å². The summed E-state index contributed by atoms with van der Waals surface area (Å²) in [6.07, 6.45) is 7.49. The molecule has 69 heavy (non-hydrogen) atoms. The van der Waals surface area contributed by atoms with E-state index in [1.807, 2.05) is 78.2 Å². The van der Waals surface area contributed by atoms with Crippen LogP contribution in [-0.4, -0.2) is 135 Å². The quantitative estimate of drug-likeness (QED) is 0.123. The van der Waals surface area contributed by atoms with Crippen LogP contribution in [0.5, 0.6) is 0 Å². The average Bonchev–Trinajstić information content (AvgIpc) is 3.30. The number of carbonyl (C=O) groups excluding carboxylic acids is 3. The summed E-state index contributed by atoms with van der Waals surface area (Å²) in [5, 5.41) is 11.2. The maximum atomic E-state index is 12.3. The number of ether oxygens (including phenoxy) is 3. The number of amides is 2. The van der Waals surface area contributed by atoms with Crippen LogP contribution in [0.2, 0.25) is 0 Å². The Hall–Kier alpha value is -6.40. The molecule has 2 aliphatic rings. The van der Waals surface area contributed by atoms with Crippen molar-refractivity contribution < 1.29 is 73.5 Å². The smallest absolute Gasteiger partial charge is 0.870 e. The molecular weight excluding hydrogens is 892 g/mol. The first kappa shape index (κ1) is 53.6. The number of hydrogen-bond donors (Lipinski definition) is 1. The molecule has 2 aromatic carbocycles. The third-order valence-corrected chi connectivity index (χ3v) is 11.1. The van der Waals surface area contributed by atoms with Crippen LogP contribution < -0.4 is 39.4 Å². The van der Waals surface area contributed by atoms with Gasteiger partial charge in [-0.05, 0) is 113 Å². The molecule has 0 radical (unpaired) electrons. The number of nitrogens with zero attached hydrogens (tertiary/aromatic N) is 8. The van der Waals surface area contributed by atoms with Crippen molar-refractivity contribution in [3.63, 3.8) is 0 Å². The molecule has 0 unspecified atom stereocenters. The zero-order valence-electron chi connectivity index (χ0n) is 40.6. The molecule has 8 rings (SSSR count). The summed E-state index contributed by atoms with van der Waals surface area (Å²) < 4.78 is 15.8. The van der Waals surface area contributed by atoms with Gasteiger partial charge in [-0.25, -0.2) is 19.2 Å². The number of rotatable bonds is 8. The molecule has 0 aliphatic carbocycles. The number of pyridine rings is 4. The first-order chi connectivity index (χ1) is 31.9. The first-order valence-electron chi connectivity index (χ1n) is 22.3. The standard InChI is InChI=1S/C26H30N4O4.C25H28N4O4.Na.H2O/c1-26(2,3)34-25(32)30-11-9-29(10-12-30)22-16-20-13-18(5-6-23(20)28-17-22)14-21-15-19(7-8-27-21)24(31)33-4;1-25(2,3)33-24(32)29-10-8-28(9-11-29)21-15-19-12-17(4-5-22(19)27-16-21)13-20-14-18(23(30)31)6-7-26-20;;/h5-8,13,15-17H,9-12,14H2,1-4H3;4-7,12,14-16H,8-11,13H2,1-3H3,(H,30,31);;1H2/q;;+1;/p-1. The second-order valence-electron chi connectivity index (χ2n) is 18.6. The van der Waals surface area contributed by atoms with Gasteiger partial charge in [-0.2, -0.15) is 0 Å². The molecule has 17 nitrogen and oxygen atoms in total.